The Kier molecular flexibility index (Phi) is 3.76. The van der Waals surface area contributed by atoms with E-state index in [1.807, 2.05) is 31.3 Å². The Hall–Kier alpha value is -1.39. The Morgan fingerprint density at radius 1 is 1.47 bits per heavy atom. The monoisotopic (exact) mass is 251 g/mol. The lowest BCUT2D eigenvalue weighted by Crippen LogP contribution is -2.15. The summed E-state index contributed by atoms with van der Waals surface area (Å²) in [5.41, 5.74) is 0.860. The number of nitrogens with zero attached hydrogens (tertiary/aromatic N) is 2. The molecule has 2 aromatic rings. The summed E-state index contributed by atoms with van der Waals surface area (Å²) in [7, 11) is 1.87. The van der Waals surface area contributed by atoms with E-state index >= 15 is 0 Å². The fourth-order valence-corrected chi connectivity index (χ4v) is 1.81. The van der Waals surface area contributed by atoms with Crippen LogP contribution in [0.3, 0.4) is 0 Å². The molecule has 2 rings (SSSR count). The molecule has 1 aromatic heterocycles. The van der Waals surface area contributed by atoms with Gasteiger partial charge in [0.25, 0.3) is 0 Å². The van der Waals surface area contributed by atoms with Gasteiger partial charge in [-0.2, -0.15) is 4.98 Å². The fourth-order valence-electron chi connectivity index (χ4n) is 1.62. The van der Waals surface area contributed by atoms with Gasteiger partial charge in [-0.15, -0.1) is 0 Å². The van der Waals surface area contributed by atoms with E-state index in [0.29, 0.717) is 16.7 Å². The minimum Gasteiger partial charge on any atom is -0.337 e. The van der Waals surface area contributed by atoms with Gasteiger partial charge in [-0.3, -0.25) is 0 Å². The highest BCUT2D eigenvalue weighted by molar-refractivity contribution is 6.30. The summed E-state index contributed by atoms with van der Waals surface area (Å²) in [4.78, 5) is 4.36. The molecule has 1 aromatic carbocycles. The summed E-state index contributed by atoms with van der Waals surface area (Å²) in [5.74, 6) is 1.17. The molecule has 1 heterocycles. The number of nitrogens with one attached hydrogen (secondary N) is 1. The average Bonchev–Trinajstić information content (AvgIpc) is 2.80. The Balaban J connectivity index is 2.29. The molecule has 1 unspecified atom stereocenters. The third-order valence-electron chi connectivity index (χ3n) is 2.58. The van der Waals surface area contributed by atoms with Crippen molar-refractivity contribution in [2.75, 3.05) is 7.05 Å². The van der Waals surface area contributed by atoms with E-state index in [9.17, 15) is 0 Å². The van der Waals surface area contributed by atoms with Crippen molar-refractivity contribution in [3.05, 3.63) is 35.2 Å². The zero-order valence-electron chi connectivity index (χ0n) is 9.77. The topological polar surface area (TPSA) is 51.0 Å². The molecule has 4 nitrogen and oxygen atoms in total. The number of rotatable bonds is 4. The molecular weight excluding hydrogens is 238 g/mol. The molecule has 1 atom stereocenters. The van der Waals surface area contributed by atoms with Gasteiger partial charge in [0, 0.05) is 10.6 Å². The number of hydrogen-bond acceptors (Lipinski definition) is 4. The Labute approximate surface area is 105 Å². The van der Waals surface area contributed by atoms with Crippen LogP contribution < -0.4 is 5.32 Å². The van der Waals surface area contributed by atoms with Crippen LogP contribution >= 0.6 is 11.6 Å². The quantitative estimate of drug-likeness (QED) is 0.907. The van der Waals surface area contributed by atoms with Gasteiger partial charge in [-0.05, 0) is 25.6 Å². The maximum Gasteiger partial charge on any atom is 0.244 e. The number of halogens is 1. The van der Waals surface area contributed by atoms with E-state index in [2.05, 4.69) is 22.4 Å². The first kappa shape index (κ1) is 12.1. The van der Waals surface area contributed by atoms with E-state index in [1.165, 1.54) is 0 Å². The summed E-state index contributed by atoms with van der Waals surface area (Å²) < 4.78 is 5.24. The number of benzene rings is 1. The van der Waals surface area contributed by atoms with Gasteiger partial charge in [-0.25, -0.2) is 0 Å². The van der Waals surface area contributed by atoms with Gasteiger partial charge in [0.1, 0.15) is 0 Å². The van der Waals surface area contributed by atoms with Crippen LogP contribution in [-0.4, -0.2) is 17.2 Å². The molecular formula is C12H14ClN3O. The molecule has 0 aliphatic carbocycles. The molecule has 0 radical (unpaired) electrons. The molecule has 0 saturated heterocycles. The molecule has 17 heavy (non-hydrogen) atoms. The molecule has 0 bridgehead atoms. The maximum atomic E-state index is 5.92. The van der Waals surface area contributed by atoms with E-state index in [4.69, 9.17) is 16.1 Å². The molecule has 0 saturated carbocycles. The summed E-state index contributed by atoms with van der Waals surface area (Å²) in [6.45, 7) is 2.06. The predicted molar refractivity (Wildman–Crippen MR) is 66.8 cm³/mol. The van der Waals surface area contributed by atoms with Gasteiger partial charge >= 0.3 is 0 Å². The first-order chi connectivity index (χ1) is 8.24. The largest absolute Gasteiger partial charge is 0.337 e. The van der Waals surface area contributed by atoms with Crippen molar-refractivity contribution in [3.63, 3.8) is 0 Å². The molecule has 1 N–H and O–H groups in total. The van der Waals surface area contributed by atoms with Crippen LogP contribution in [0.4, 0.5) is 0 Å². The van der Waals surface area contributed by atoms with Crippen molar-refractivity contribution in [1.29, 1.82) is 0 Å². The van der Waals surface area contributed by atoms with E-state index in [1.54, 1.807) is 0 Å². The summed E-state index contributed by atoms with van der Waals surface area (Å²) in [6.07, 6.45) is 0.897. The summed E-state index contributed by atoms with van der Waals surface area (Å²) >= 11 is 5.92. The van der Waals surface area contributed by atoms with Crippen LogP contribution in [-0.2, 0) is 0 Å². The van der Waals surface area contributed by atoms with Crippen LogP contribution in [0.25, 0.3) is 11.4 Å². The van der Waals surface area contributed by atoms with Crippen molar-refractivity contribution >= 4 is 11.6 Å². The van der Waals surface area contributed by atoms with Gasteiger partial charge in [0.2, 0.25) is 11.7 Å². The van der Waals surface area contributed by atoms with Crippen molar-refractivity contribution in [2.24, 2.45) is 0 Å². The lowest BCUT2D eigenvalue weighted by molar-refractivity contribution is 0.334. The second-order valence-corrected chi connectivity index (χ2v) is 4.15. The third kappa shape index (κ3) is 2.65. The Bertz CT molecular complexity index is 494. The highest BCUT2D eigenvalue weighted by Crippen LogP contribution is 2.22. The SMILES string of the molecule is CCC(NC)c1nc(-c2cccc(Cl)c2)no1. The number of aromatic nitrogens is 2. The molecule has 90 valence electrons. The second kappa shape index (κ2) is 5.29. The third-order valence-corrected chi connectivity index (χ3v) is 2.81. The standard InChI is InChI=1S/C12H14ClN3O/c1-3-10(14-2)12-15-11(16-17-12)8-5-4-6-9(13)7-8/h4-7,10,14H,3H2,1-2H3. The van der Waals surface area contributed by atoms with Crippen molar-refractivity contribution in [3.8, 4) is 11.4 Å². The highest BCUT2D eigenvalue weighted by Gasteiger charge is 2.15. The first-order valence-electron chi connectivity index (χ1n) is 5.51. The minimum atomic E-state index is 0.0930. The Morgan fingerprint density at radius 2 is 2.29 bits per heavy atom. The van der Waals surface area contributed by atoms with Crippen molar-refractivity contribution in [1.82, 2.24) is 15.5 Å². The van der Waals surface area contributed by atoms with Crippen LogP contribution in [0, 0.1) is 0 Å². The van der Waals surface area contributed by atoms with E-state index in [-0.39, 0.29) is 6.04 Å². The molecule has 0 fully saturated rings. The predicted octanol–water partition coefficient (Wildman–Crippen LogP) is 3.06. The van der Waals surface area contributed by atoms with Crippen LogP contribution in [0.1, 0.15) is 25.3 Å². The average molecular weight is 252 g/mol. The van der Waals surface area contributed by atoms with Crippen LogP contribution in [0.2, 0.25) is 5.02 Å². The molecule has 0 aliphatic rings. The van der Waals surface area contributed by atoms with E-state index in [0.717, 1.165) is 12.0 Å². The second-order valence-electron chi connectivity index (χ2n) is 3.72. The fraction of sp³-hybridized carbons (Fsp3) is 0.333. The van der Waals surface area contributed by atoms with Gasteiger partial charge in [-0.1, -0.05) is 35.8 Å². The summed E-state index contributed by atoms with van der Waals surface area (Å²) in [6, 6.07) is 7.49. The molecule has 0 aliphatic heterocycles. The van der Waals surface area contributed by atoms with Gasteiger partial charge in [0.05, 0.1) is 6.04 Å². The van der Waals surface area contributed by atoms with Crippen molar-refractivity contribution in [2.45, 2.75) is 19.4 Å². The van der Waals surface area contributed by atoms with Gasteiger partial charge in [0.15, 0.2) is 0 Å². The minimum absolute atomic E-state index is 0.0930. The summed E-state index contributed by atoms with van der Waals surface area (Å²) in [5, 5.41) is 7.74. The zero-order valence-corrected chi connectivity index (χ0v) is 10.5. The molecule has 5 heteroatoms. The number of hydrogen-bond donors (Lipinski definition) is 1. The highest BCUT2D eigenvalue weighted by atomic mass is 35.5. The van der Waals surface area contributed by atoms with Crippen LogP contribution in [0.15, 0.2) is 28.8 Å². The Morgan fingerprint density at radius 3 is 2.94 bits per heavy atom. The maximum absolute atomic E-state index is 5.92. The van der Waals surface area contributed by atoms with Gasteiger partial charge < -0.3 is 9.84 Å². The normalized spacial score (nSPS) is 12.6. The first-order valence-corrected chi connectivity index (χ1v) is 5.89. The smallest absolute Gasteiger partial charge is 0.244 e. The molecule has 0 spiro atoms. The lowest BCUT2D eigenvalue weighted by atomic mass is 10.2. The van der Waals surface area contributed by atoms with E-state index < -0.39 is 0 Å². The zero-order chi connectivity index (χ0) is 12.3. The lowest BCUT2D eigenvalue weighted by Gasteiger charge is -2.06. The van der Waals surface area contributed by atoms with Crippen molar-refractivity contribution < 1.29 is 4.52 Å². The molecule has 0 amide bonds. The van der Waals surface area contributed by atoms with Crippen LogP contribution in [0.5, 0.6) is 0 Å².